The van der Waals surface area contributed by atoms with Crippen molar-refractivity contribution in [1.82, 2.24) is 4.31 Å². The van der Waals surface area contributed by atoms with Gasteiger partial charge in [-0.05, 0) is 32.9 Å². The number of sulfonamides is 1. The highest BCUT2D eigenvalue weighted by molar-refractivity contribution is 7.89. The number of methoxy groups -OCH3 is 1. The van der Waals surface area contributed by atoms with Crippen LogP contribution in [0.2, 0.25) is 0 Å². The Morgan fingerprint density at radius 3 is 2.47 bits per heavy atom. The number of rotatable bonds is 1. The first-order valence-electron chi connectivity index (χ1n) is 5.92. The fourth-order valence-corrected chi connectivity index (χ4v) is 4.21. The van der Waals surface area contributed by atoms with Gasteiger partial charge in [-0.3, -0.25) is 0 Å². The van der Waals surface area contributed by atoms with Crippen LogP contribution in [0.5, 0.6) is 0 Å². The molecule has 0 saturated heterocycles. The normalized spacial score (nSPS) is 18.1. The van der Waals surface area contributed by atoms with Gasteiger partial charge < -0.3 is 4.74 Å². The third-order valence-corrected chi connectivity index (χ3v) is 5.35. The minimum absolute atomic E-state index is 0.199. The van der Waals surface area contributed by atoms with Crippen molar-refractivity contribution in [2.24, 2.45) is 0 Å². The zero-order valence-corrected chi connectivity index (χ0v) is 12.2. The molecule has 1 aromatic rings. The van der Waals surface area contributed by atoms with Crippen LogP contribution in [0.3, 0.4) is 0 Å². The molecule has 19 heavy (non-hydrogen) atoms. The molecule has 104 valence electrons. The Balaban J connectivity index is 2.63. The van der Waals surface area contributed by atoms with Gasteiger partial charge in [0.15, 0.2) is 0 Å². The van der Waals surface area contributed by atoms with E-state index >= 15 is 0 Å². The highest BCUT2D eigenvalue weighted by atomic mass is 32.2. The second-order valence-electron chi connectivity index (χ2n) is 5.46. The van der Waals surface area contributed by atoms with E-state index < -0.39 is 21.5 Å². The lowest BCUT2D eigenvalue weighted by Gasteiger charge is -2.29. The highest BCUT2D eigenvalue weighted by Gasteiger charge is 2.42. The molecule has 1 heterocycles. The molecule has 2 rings (SSSR count). The van der Waals surface area contributed by atoms with E-state index in [1.54, 1.807) is 12.1 Å². The van der Waals surface area contributed by atoms with E-state index in [4.69, 9.17) is 4.74 Å². The molecule has 6 heteroatoms. The fourth-order valence-electron chi connectivity index (χ4n) is 2.22. The zero-order chi connectivity index (χ0) is 14.4. The van der Waals surface area contributed by atoms with E-state index in [-0.39, 0.29) is 11.4 Å². The Morgan fingerprint density at radius 2 is 1.95 bits per heavy atom. The molecule has 0 bridgehead atoms. The van der Waals surface area contributed by atoms with Crippen molar-refractivity contribution in [3.8, 4) is 0 Å². The maximum Gasteiger partial charge on any atom is 0.338 e. The van der Waals surface area contributed by atoms with Gasteiger partial charge in [0.25, 0.3) is 0 Å². The molecule has 0 radical (unpaired) electrons. The van der Waals surface area contributed by atoms with Gasteiger partial charge in [0.1, 0.15) is 0 Å². The molecule has 0 aliphatic carbocycles. The topological polar surface area (TPSA) is 63.7 Å². The molecule has 0 amide bonds. The third kappa shape index (κ3) is 2.15. The average molecular weight is 283 g/mol. The molecule has 0 aromatic heterocycles. The van der Waals surface area contributed by atoms with Crippen LogP contribution < -0.4 is 0 Å². The molecule has 1 aromatic carbocycles. The highest BCUT2D eigenvalue weighted by Crippen LogP contribution is 2.37. The third-order valence-electron chi connectivity index (χ3n) is 3.16. The molecular weight excluding hydrogens is 266 g/mol. The second-order valence-corrected chi connectivity index (χ2v) is 7.29. The van der Waals surface area contributed by atoms with Crippen molar-refractivity contribution in [1.29, 1.82) is 0 Å². The van der Waals surface area contributed by atoms with Crippen molar-refractivity contribution < 1.29 is 17.9 Å². The number of ether oxygens (including phenoxy) is 1. The molecule has 1 aliphatic heterocycles. The van der Waals surface area contributed by atoms with E-state index in [0.29, 0.717) is 11.1 Å². The van der Waals surface area contributed by atoms with E-state index in [0.717, 1.165) is 0 Å². The number of hydrogen-bond donors (Lipinski definition) is 0. The lowest BCUT2D eigenvalue weighted by molar-refractivity contribution is 0.0598. The molecule has 5 nitrogen and oxygen atoms in total. The quantitative estimate of drug-likeness (QED) is 0.737. The lowest BCUT2D eigenvalue weighted by Crippen LogP contribution is -2.41. The second kappa shape index (κ2) is 4.31. The molecule has 1 aliphatic rings. The molecule has 0 N–H and O–H groups in total. The first-order chi connectivity index (χ1) is 8.69. The number of benzene rings is 1. The Labute approximate surface area is 113 Å². The van der Waals surface area contributed by atoms with Crippen LogP contribution in [-0.4, -0.2) is 31.3 Å². The smallest absolute Gasteiger partial charge is 0.338 e. The monoisotopic (exact) mass is 283 g/mol. The van der Waals surface area contributed by atoms with Crippen LogP contribution in [-0.2, 0) is 21.3 Å². The summed E-state index contributed by atoms with van der Waals surface area (Å²) in [6.45, 7) is 5.68. The molecule has 0 saturated carbocycles. The molecule has 0 atom stereocenters. The van der Waals surface area contributed by atoms with Gasteiger partial charge >= 0.3 is 5.97 Å². The number of fused-ring (bicyclic) bond motifs is 1. The van der Waals surface area contributed by atoms with Gasteiger partial charge in [-0.2, -0.15) is 4.31 Å². The number of hydrogen-bond acceptors (Lipinski definition) is 4. The molecular formula is C13H17NO4S. The van der Waals surface area contributed by atoms with Gasteiger partial charge in [-0.25, -0.2) is 13.2 Å². The Bertz CT molecular complexity index is 629. The van der Waals surface area contributed by atoms with Gasteiger partial charge in [-0.1, -0.05) is 6.07 Å². The molecule has 0 fully saturated rings. The SMILES string of the molecule is COC(=O)c1cccc2c1CN(C(C)(C)C)S2(=O)=O. The summed E-state index contributed by atoms with van der Waals surface area (Å²) in [5.74, 6) is -0.511. The first-order valence-corrected chi connectivity index (χ1v) is 7.36. The summed E-state index contributed by atoms with van der Waals surface area (Å²) >= 11 is 0. The summed E-state index contributed by atoms with van der Waals surface area (Å²) < 4.78 is 31.0. The number of carbonyl (C=O) groups is 1. The van der Waals surface area contributed by atoms with Crippen LogP contribution in [0, 0.1) is 0 Å². The van der Waals surface area contributed by atoms with Crippen molar-refractivity contribution in [3.05, 3.63) is 29.3 Å². The summed E-state index contributed by atoms with van der Waals surface area (Å²) in [4.78, 5) is 11.9. The number of carbonyl (C=O) groups excluding carboxylic acids is 1. The standard InChI is InChI=1S/C13H17NO4S/c1-13(2,3)14-8-10-9(12(15)18-4)6-5-7-11(10)19(14,16)17/h5-7H,8H2,1-4H3. The van der Waals surface area contributed by atoms with Crippen molar-refractivity contribution in [3.63, 3.8) is 0 Å². The minimum Gasteiger partial charge on any atom is -0.465 e. The summed E-state index contributed by atoms with van der Waals surface area (Å²) in [6, 6.07) is 4.68. The van der Waals surface area contributed by atoms with E-state index in [2.05, 4.69) is 0 Å². The van der Waals surface area contributed by atoms with Crippen LogP contribution in [0.15, 0.2) is 23.1 Å². The van der Waals surface area contributed by atoms with Crippen molar-refractivity contribution >= 4 is 16.0 Å². The largest absolute Gasteiger partial charge is 0.465 e. The summed E-state index contributed by atoms with van der Waals surface area (Å²) in [6.07, 6.45) is 0. The molecule has 0 spiro atoms. The minimum atomic E-state index is -3.54. The van der Waals surface area contributed by atoms with Crippen LogP contribution >= 0.6 is 0 Å². The maximum absolute atomic E-state index is 12.5. The Hall–Kier alpha value is -1.40. The van der Waals surface area contributed by atoms with Crippen molar-refractivity contribution in [2.45, 2.75) is 37.8 Å². The summed E-state index contributed by atoms with van der Waals surface area (Å²) in [5.41, 5.74) is 0.296. The van der Waals surface area contributed by atoms with Gasteiger partial charge in [-0.15, -0.1) is 0 Å². The first kappa shape index (κ1) is 14.0. The van der Waals surface area contributed by atoms with E-state index in [1.807, 2.05) is 20.8 Å². The Kier molecular flexibility index (Phi) is 3.18. The predicted octanol–water partition coefficient (Wildman–Crippen LogP) is 1.78. The van der Waals surface area contributed by atoms with E-state index in [1.165, 1.54) is 17.5 Å². The van der Waals surface area contributed by atoms with Crippen LogP contribution in [0.1, 0.15) is 36.7 Å². The van der Waals surface area contributed by atoms with E-state index in [9.17, 15) is 13.2 Å². The number of esters is 1. The Morgan fingerprint density at radius 1 is 1.32 bits per heavy atom. The van der Waals surface area contributed by atoms with Gasteiger partial charge in [0, 0.05) is 17.6 Å². The van der Waals surface area contributed by atoms with Gasteiger partial charge in [0.2, 0.25) is 10.0 Å². The maximum atomic E-state index is 12.5. The van der Waals surface area contributed by atoms with Gasteiger partial charge in [0.05, 0.1) is 17.6 Å². The van der Waals surface area contributed by atoms with Crippen molar-refractivity contribution in [2.75, 3.05) is 7.11 Å². The predicted molar refractivity (Wildman–Crippen MR) is 70.3 cm³/mol. The number of nitrogens with zero attached hydrogens (tertiary/aromatic N) is 1. The fraction of sp³-hybridized carbons (Fsp3) is 0.462. The lowest BCUT2D eigenvalue weighted by atomic mass is 10.0. The average Bonchev–Trinajstić information content (AvgIpc) is 2.60. The van der Waals surface area contributed by atoms with Crippen LogP contribution in [0.25, 0.3) is 0 Å². The summed E-state index contributed by atoms with van der Waals surface area (Å²) in [7, 11) is -2.26. The van der Waals surface area contributed by atoms with Crippen LogP contribution in [0.4, 0.5) is 0 Å². The summed E-state index contributed by atoms with van der Waals surface area (Å²) in [5, 5.41) is 0. The molecule has 0 unspecified atom stereocenters. The zero-order valence-electron chi connectivity index (χ0n) is 11.4.